The van der Waals surface area contributed by atoms with Crippen LogP contribution < -0.4 is 10.2 Å². The summed E-state index contributed by atoms with van der Waals surface area (Å²) >= 11 is 0. The SMILES string of the molecule is CNC(=O)c1cc(C[C@@H]2CCCN(c3ncccn3)C2)nc(C)n1. The summed E-state index contributed by atoms with van der Waals surface area (Å²) in [6.07, 6.45) is 6.62. The molecule has 0 unspecified atom stereocenters. The Morgan fingerprint density at radius 2 is 2.12 bits per heavy atom. The second kappa shape index (κ2) is 7.33. The average Bonchev–Trinajstić information content (AvgIpc) is 2.61. The molecule has 0 aliphatic carbocycles. The lowest BCUT2D eigenvalue weighted by Gasteiger charge is -2.32. The fourth-order valence-corrected chi connectivity index (χ4v) is 3.14. The molecule has 0 saturated carbocycles. The second-order valence-corrected chi connectivity index (χ2v) is 6.08. The number of aryl methyl sites for hydroxylation is 1. The van der Waals surface area contributed by atoms with Crippen LogP contribution in [0.3, 0.4) is 0 Å². The minimum absolute atomic E-state index is 0.176. The van der Waals surface area contributed by atoms with E-state index in [0.717, 1.165) is 44.0 Å². The molecular weight excluding hydrogens is 304 g/mol. The first-order valence-electron chi connectivity index (χ1n) is 8.24. The third-order valence-corrected chi connectivity index (χ3v) is 4.20. The predicted octanol–water partition coefficient (Wildman–Crippen LogP) is 1.39. The van der Waals surface area contributed by atoms with Crippen LogP contribution in [0.4, 0.5) is 5.95 Å². The highest BCUT2D eigenvalue weighted by molar-refractivity contribution is 5.92. The third-order valence-electron chi connectivity index (χ3n) is 4.20. The Bertz CT molecular complexity index is 705. The molecule has 1 atom stereocenters. The minimum Gasteiger partial charge on any atom is -0.354 e. The smallest absolute Gasteiger partial charge is 0.269 e. The van der Waals surface area contributed by atoms with Crippen molar-refractivity contribution in [1.29, 1.82) is 0 Å². The number of hydrogen-bond donors (Lipinski definition) is 1. The zero-order valence-electron chi connectivity index (χ0n) is 14.1. The molecule has 7 nitrogen and oxygen atoms in total. The van der Waals surface area contributed by atoms with Gasteiger partial charge in [0.1, 0.15) is 11.5 Å². The number of carbonyl (C=O) groups excluding carboxylic acids is 1. The van der Waals surface area contributed by atoms with Crippen molar-refractivity contribution in [2.24, 2.45) is 5.92 Å². The Morgan fingerprint density at radius 1 is 1.33 bits per heavy atom. The molecule has 7 heteroatoms. The molecule has 1 amide bonds. The molecule has 1 aliphatic rings. The van der Waals surface area contributed by atoms with Gasteiger partial charge in [0, 0.05) is 38.2 Å². The highest BCUT2D eigenvalue weighted by Crippen LogP contribution is 2.23. The number of hydrogen-bond acceptors (Lipinski definition) is 6. The van der Waals surface area contributed by atoms with E-state index in [-0.39, 0.29) is 5.91 Å². The Balaban J connectivity index is 1.71. The Kier molecular flexibility index (Phi) is 4.98. The van der Waals surface area contributed by atoms with Gasteiger partial charge in [-0.25, -0.2) is 19.9 Å². The Hall–Kier alpha value is -2.57. The lowest BCUT2D eigenvalue weighted by atomic mass is 9.93. The number of aromatic nitrogens is 4. The first kappa shape index (κ1) is 16.3. The molecule has 3 heterocycles. The summed E-state index contributed by atoms with van der Waals surface area (Å²) < 4.78 is 0. The van der Waals surface area contributed by atoms with E-state index in [0.29, 0.717) is 17.4 Å². The molecule has 1 N–H and O–H groups in total. The molecule has 0 bridgehead atoms. The molecule has 1 saturated heterocycles. The number of nitrogens with zero attached hydrogens (tertiary/aromatic N) is 5. The lowest BCUT2D eigenvalue weighted by molar-refractivity contribution is 0.0957. The maximum Gasteiger partial charge on any atom is 0.269 e. The van der Waals surface area contributed by atoms with Gasteiger partial charge in [-0.2, -0.15) is 0 Å². The van der Waals surface area contributed by atoms with Crippen molar-refractivity contribution in [1.82, 2.24) is 25.3 Å². The Labute approximate surface area is 141 Å². The van der Waals surface area contributed by atoms with Crippen LogP contribution >= 0.6 is 0 Å². The van der Waals surface area contributed by atoms with Gasteiger partial charge in [0.2, 0.25) is 5.95 Å². The summed E-state index contributed by atoms with van der Waals surface area (Å²) in [4.78, 5) is 31.4. The number of anilines is 1. The van der Waals surface area contributed by atoms with Crippen LogP contribution in [0.25, 0.3) is 0 Å². The molecule has 0 aromatic carbocycles. The van der Waals surface area contributed by atoms with Gasteiger partial charge in [-0.15, -0.1) is 0 Å². The maximum atomic E-state index is 11.8. The van der Waals surface area contributed by atoms with E-state index >= 15 is 0 Å². The van der Waals surface area contributed by atoms with Crippen LogP contribution in [-0.4, -0.2) is 46.0 Å². The average molecular weight is 326 g/mol. The summed E-state index contributed by atoms with van der Waals surface area (Å²) in [6.45, 7) is 3.70. The molecule has 2 aromatic heterocycles. The Morgan fingerprint density at radius 3 is 2.88 bits per heavy atom. The molecular formula is C17H22N6O. The molecule has 2 aromatic rings. The number of carbonyl (C=O) groups is 1. The maximum absolute atomic E-state index is 11.8. The summed E-state index contributed by atoms with van der Waals surface area (Å²) in [5.41, 5.74) is 1.35. The second-order valence-electron chi connectivity index (χ2n) is 6.08. The van der Waals surface area contributed by atoms with Crippen molar-refractivity contribution in [2.45, 2.75) is 26.2 Å². The van der Waals surface area contributed by atoms with Crippen LogP contribution in [0.15, 0.2) is 24.5 Å². The largest absolute Gasteiger partial charge is 0.354 e. The van der Waals surface area contributed by atoms with Crippen LogP contribution in [0, 0.1) is 12.8 Å². The first-order chi connectivity index (χ1) is 11.7. The van der Waals surface area contributed by atoms with Gasteiger partial charge in [0.05, 0.1) is 0 Å². The summed E-state index contributed by atoms with van der Waals surface area (Å²) in [5.74, 6) is 1.70. The van der Waals surface area contributed by atoms with Crippen molar-refractivity contribution in [3.05, 3.63) is 41.7 Å². The zero-order chi connectivity index (χ0) is 16.9. The van der Waals surface area contributed by atoms with Crippen LogP contribution in [0.2, 0.25) is 0 Å². The first-order valence-corrected chi connectivity index (χ1v) is 8.24. The molecule has 0 spiro atoms. The highest BCUT2D eigenvalue weighted by atomic mass is 16.1. The lowest BCUT2D eigenvalue weighted by Crippen LogP contribution is -2.37. The normalized spacial score (nSPS) is 17.6. The van der Waals surface area contributed by atoms with Crippen LogP contribution in [0.5, 0.6) is 0 Å². The molecule has 24 heavy (non-hydrogen) atoms. The topological polar surface area (TPSA) is 83.9 Å². The number of nitrogens with one attached hydrogen (secondary N) is 1. The summed E-state index contributed by atoms with van der Waals surface area (Å²) in [7, 11) is 1.61. The van der Waals surface area contributed by atoms with E-state index < -0.39 is 0 Å². The van der Waals surface area contributed by atoms with Gasteiger partial charge in [0.15, 0.2) is 0 Å². The number of rotatable bonds is 4. The van der Waals surface area contributed by atoms with Crippen LogP contribution in [-0.2, 0) is 6.42 Å². The number of amides is 1. The van der Waals surface area contributed by atoms with Crippen molar-refractivity contribution in [2.75, 3.05) is 25.0 Å². The molecule has 1 fully saturated rings. The van der Waals surface area contributed by atoms with E-state index in [4.69, 9.17) is 0 Å². The van der Waals surface area contributed by atoms with E-state index in [9.17, 15) is 4.79 Å². The highest BCUT2D eigenvalue weighted by Gasteiger charge is 2.23. The van der Waals surface area contributed by atoms with Crippen LogP contribution in [0.1, 0.15) is 34.8 Å². The fraction of sp³-hybridized carbons (Fsp3) is 0.471. The van der Waals surface area contributed by atoms with Gasteiger partial charge in [-0.1, -0.05) is 0 Å². The van der Waals surface area contributed by atoms with Crippen molar-refractivity contribution < 1.29 is 4.79 Å². The summed E-state index contributed by atoms with van der Waals surface area (Å²) in [6, 6.07) is 3.62. The quantitative estimate of drug-likeness (QED) is 0.914. The van der Waals surface area contributed by atoms with Gasteiger partial charge in [-0.05, 0) is 44.2 Å². The van der Waals surface area contributed by atoms with Gasteiger partial charge < -0.3 is 10.2 Å². The number of piperidine rings is 1. The van der Waals surface area contributed by atoms with E-state index in [1.807, 2.05) is 13.0 Å². The van der Waals surface area contributed by atoms with Crippen molar-refractivity contribution >= 4 is 11.9 Å². The fourth-order valence-electron chi connectivity index (χ4n) is 3.14. The van der Waals surface area contributed by atoms with E-state index in [1.165, 1.54) is 0 Å². The molecule has 126 valence electrons. The van der Waals surface area contributed by atoms with Gasteiger partial charge >= 0.3 is 0 Å². The van der Waals surface area contributed by atoms with Crippen molar-refractivity contribution in [3.63, 3.8) is 0 Å². The minimum atomic E-state index is -0.176. The standard InChI is InChI=1S/C17H22N6O/c1-12-21-14(10-15(22-12)16(24)18-2)9-13-5-3-8-23(11-13)17-19-6-4-7-20-17/h4,6-7,10,13H,3,5,8-9,11H2,1-2H3,(H,18,24)/t13-/m0/s1. The van der Waals surface area contributed by atoms with Gasteiger partial charge in [0.25, 0.3) is 5.91 Å². The van der Waals surface area contributed by atoms with Gasteiger partial charge in [-0.3, -0.25) is 4.79 Å². The van der Waals surface area contributed by atoms with Crippen molar-refractivity contribution in [3.8, 4) is 0 Å². The molecule has 1 aliphatic heterocycles. The third kappa shape index (κ3) is 3.84. The van der Waals surface area contributed by atoms with E-state index in [2.05, 4.69) is 30.2 Å². The molecule has 0 radical (unpaired) electrons. The van der Waals surface area contributed by atoms with E-state index in [1.54, 1.807) is 25.5 Å². The predicted molar refractivity (Wildman–Crippen MR) is 90.8 cm³/mol. The summed E-state index contributed by atoms with van der Waals surface area (Å²) in [5, 5.41) is 2.61. The zero-order valence-corrected chi connectivity index (χ0v) is 14.1. The molecule has 3 rings (SSSR count). The monoisotopic (exact) mass is 326 g/mol.